The van der Waals surface area contributed by atoms with E-state index in [4.69, 9.17) is 18.9 Å². The molecule has 0 aromatic heterocycles. The van der Waals surface area contributed by atoms with Crippen LogP contribution in [-0.4, -0.2) is 49.6 Å². The molecule has 8 heteroatoms. The number of methoxy groups -OCH3 is 2. The van der Waals surface area contributed by atoms with Gasteiger partial charge >= 0.3 is 11.9 Å². The minimum Gasteiger partial charge on any atom is -0.493 e. The molecule has 1 aliphatic rings. The van der Waals surface area contributed by atoms with Crippen molar-refractivity contribution in [1.82, 2.24) is 0 Å². The lowest BCUT2D eigenvalue weighted by atomic mass is 9.81. The van der Waals surface area contributed by atoms with Gasteiger partial charge in [0.25, 0.3) is 0 Å². The van der Waals surface area contributed by atoms with Crippen LogP contribution in [0.2, 0.25) is 0 Å². The van der Waals surface area contributed by atoms with Crippen molar-refractivity contribution in [2.75, 3.05) is 27.4 Å². The smallest absolute Gasteiger partial charge is 0.308 e. The number of unbranched alkanes of at least 4 members (excludes halogenated alkanes) is 14. The third kappa shape index (κ3) is 11.6. The number of carboxylic acid groups (broad SMARTS) is 2. The van der Waals surface area contributed by atoms with Crippen LogP contribution in [0.3, 0.4) is 0 Å². The van der Waals surface area contributed by atoms with E-state index in [2.05, 4.69) is 13.8 Å². The van der Waals surface area contributed by atoms with Crippen molar-refractivity contribution in [3.63, 3.8) is 0 Å². The fraction of sp³-hybridized carbons (Fsp3) is 0.650. The number of rotatable bonds is 26. The SMILES string of the molecule is CCCCCCCCCCOc1ccc(C2c3cc(OCCCCCCCCCC)c(OC)cc3C(CC(=O)O)C2C(=O)O)cc1OC. The second kappa shape index (κ2) is 21.5. The standard InChI is InChI=1S/C40H60O8/c1-5-7-9-11-13-15-17-19-23-47-33-22-21-29(25-34(33)45-3)38-31-27-36(48-24-20-18-16-14-12-10-8-6-2)35(46-4)26-30(31)32(28-37(41)42)39(38)40(43)44/h21-22,25-27,32,38-39H,5-20,23-24,28H2,1-4H3,(H,41,42)(H,43,44). The molecule has 2 N–H and O–H groups in total. The highest BCUT2D eigenvalue weighted by molar-refractivity contribution is 5.79. The molecule has 1 aliphatic carbocycles. The van der Waals surface area contributed by atoms with E-state index >= 15 is 0 Å². The van der Waals surface area contributed by atoms with Gasteiger partial charge in [0.15, 0.2) is 23.0 Å². The highest BCUT2D eigenvalue weighted by atomic mass is 16.5. The molecule has 0 radical (unpaired) electrons. The molecule has 3 atom stereocenters. The lowest BCUT2D eigenvalue weighted by Gasteiger charge is -2.22. The zero-order chi connectivity index (χ0) is 34.7. The molecule has 2 aromatic carbocycles. The molecule has 0 heterocycles. The van der Waals surface area contributed by atoms with Gasteiger partial charge in [-0.3, -0.25) is 9.59 Å². The number of hydrogen-bond donors (Lipinski definition) is 2. The Morgan fingerprint density at radius 3 is 1.58 bits per heavy atom. The van der Waals surface area contributed by atoms with Crippen LogP contribution in [0.15, 0.2) is 30.3 Å². The fourth-order valence-corrected chi connectivity index (χ4v) is 7.03. The largest absolute Gasteiger partial charge is 0.493 e. The number of carbonyl (C=O) groups is 2. The molecular formula is C40H60O8. The summed E-state index contributed by atoms with van der Waals surface area (Å²) in [6.45, 7) is 5.55. The van der Waals surface area contributed by atoms with Crippen LogP contribution in [0, 0.1) is 5.92 Å². The molecule has 3 rings (SSSR count). The van der Waals surface area contributed by atoms with Crippen molar-refractivity contribution in [2.24, 2.45) is 5.92 Å². The number of fused-ring (bicyclic) bond motifs is 1. The van der Waals surface area contributed by atoms with E-state index in [1.807, 2.05) is 24.3 Å². The second-order valence-electron chi connectivity index (χ2n) is 13.2. The van der Waals surface area contributed by atoms with Gasteiger partial charge in [-0.2, -0.15) is 0 Å². The maximum absolute atomic E-state index is 12.9. The van der Waals surface area contributed by atoms with Crippen molar-refractivity contribution in [1.29, 1.82) is 0 Å². The van der Waals surface area contributed by atoms with Gasteiger partial charge in [-0.25, -0.2) is 0 Å². The molecule has 268 valence electrons. The summed E-state index contributed by atoms with van der Waals surface area (Å²) in [5.74, 6) is -2.26. The van der Waals surface area contributed by atoms with Crippen molar-refractivity contribution in [3.8, 4) is 23.0 Å². The highest BCUT2D eigenvalue weighted by Crippen LogP contribution is 2.54. The summed E-state index contributed by atoms with van der Waals surface area (Å²) in [5.41, 5.74) is 2.14. The van der Waals surface area contributed by atoms with Gasteiger partial charge in [0.1, 0.15) is 0 Å². The summed E-state index contributed by atoms with van der Waals surface area (Å²) < 4.78 is 23.7. The molecule has 8 nitrogen and oxygen atoms in total. The van der Waals surface area contributed by atoms with Crippen LogP contribution in [0.5, 0.6) is 23.0 Å². The van der Waals surface area contributed by atoms with Crippen LogP contribution >= 0.6 is 0 Å². The molecule has 2 aromatic rings. The first-order valence-electron chi connectivity index (χ1n) is 18.5. The Hall–Kier alpha value is -3.42. The predicted molar refractivity (Wildman–Crippen MR) is 190 cm³/mol. The Morgan fingerprint density at radius 2 is 1.08 bits per heavy atom. The topological polar surface area (TPSA) is 112 Å². The van der Waals surface area contributed by atoms with Gasteiger partial charge in [0.2, 0.25) is 0 Å². The van der Waals surface area contributed by atoms with E-state index in [1.165, 1.54) is 77.0 Å². The minimum atomic E-state index is -1.05. The van der Waals surface area contributed by atoms with Crippen LogP contribution in [-0.2, 0) is 9.59 Å². The number of aliphatic carboxylic acids is 2. The normalized spacial score (nSPS) is 16.8. The maximum Gasteiger partial charge on any atom is 0.308 e. The number of ether oxygens (including phenoxy) is 4. The lowest BCUT2D eigenvalue weighted by Crippen LogP contribution is -2.24. The number of hydrogen-bond acceptors (Lipinski definition) is 6. The Morgan fingerprint density at radius 1 is 0.604 bits per heavy atom. The van der Waals surface area contributed by atoms with E-state index in [9.17, 15) is 19.8 Å². The molecule has 0 aliphatic heterocycles. The Balaban J connectivity index is 1.78. The van der Waals surface area contributed by atoms with Crippen LogP contribution in [0.4, 0.5) is 0 Å². The Bertz CT molecular complexity index is 1260. The zero-order valence-electron chi connectivity index (χ0n) is 29.9. The summed E-state index contributed by atoms with van der Waals surface area (Å²) in [6.07, 6.45) is 18.9. The van der Waals surface area contributed by atoms with Gasteiger partial charge in [0.05, 0.1) is 39.8 Å². The lowest BCUT2D eigenvalue weighted by molar-refractivity contribution is -0.143. The van der Waals surface area contributed by atoms with Crippen molar-refractivity contribution >= 4 is 11.9 Å². The van der Waals surface area contributed by atoms with E-state index in [0.29, 0.717) is 41.8 Å². The molecular weight excluding hydrogens is 608 g/mol. The van der Waals surface area contributed by atoms with Gasteiger partial charge in [-0.05, 0) is 53.8 Å². The first-order valence-corrected chi connectivity index (χ1v) is 18.5. The average Bonchev–Trinajstić information content (AvgIpc) is 3.38. The van der Waals surface area contributed by atoms with E-state index in [-0.39, 0.29) is 6.42 Å². The number of carboxylic acids is 2. The molecule has 0 fully saturated rings. The van der Waals surface area contributed by atoms with Crippen molar-refractivity contribution < 1.29 is 38.7 Å². The van der Waals surface area contributed by atoms with Gasteiger partial charge in [0, 0.05) is 11.8 Å². The van der Waals surface area contributed by atoms with Gasteiger partial charge < -0.3 is 29.2 Å². The van der Waals surface area contributed by atoms with E-state index in [1.54, 1.807) is 20.3 Å². The first-order chi connectivity index (χ1) is 23.4. The summed E-state index contributed by atoms with van der Waals surface area (Å²) in [7, 11) is 3.13. The Labute approximate surface area is 288 Å². The van der Waals surface area contributed by atoms with Crippen molar-refractivity contribution in [2.45, 2.75) is 135 Å². The van der Waals surface area contributed by atoms with E-state index < -0.39 is 29.7 Å². The summed E-state index contributed by atoms with van der Waals surface area (Å²) >= 11 is 0. The quantitative estimate of drug-likeness (QED) is 0.0953. The summed E-state index contributed by atoms with van der Waals surface area (Å²) in [6, 6.07) is 9.19. The number of benzene rings is 2. The third-order valence-corrected chi connectivity index (χ3v) is 9.63. The molecule has 3 unspecified atom stereocenters. The second-order valence-corrected chi connectivity index (χ2v) is 13.2. The third-order valence-electron chi connectivity index (χ3n) is 9.63. The predicted octanol–water partition coefficient (Wildman–Crippen LogP) is 10.1. The molecule has 48 heavy (non-hydrogen) atoms. The molecule has 0 saturated carbocycles. The Kier molecular flexibility index (Phi) is 17.5. The minimum absolute atomic E-state index is 0.307. The van der Waals surface area contributed by atoms with Crippen molar-refractivity contribution in [3.05, 3.63) is 47.0 Å². The highest BCUT2D eigenvalue weighted by Gasteiger charge is 2.47. The molecule has 0 amide bonds. The fourth-order valence-electron chi connectivity index (χ4n) is 7.03. The first kappa shape index (κ1) is 39.0. The molecule has 0 spiro atoms. The van der Waals surface area contributed by atoms with Crippen LogP contribution < -0.4 is 18.9 Å². The van der Waals surface area contributed by atoms with E-state index in [0.717, 1.165) is 36.8 Å². The maximum atomic E-state index is 12.9. The monoisotopic (exact) mass is 668 g/mol. The average molecular weight is 669 g/mol. The van der Waals surface area contributed by atoms with Gasteiger partial charge in [-0.15, -0.1) is 0 Å². The summed E-state index contributed by atoms with van der Waals surface area (Å²) in [4.78, 5) is 24.8. The zero-order valence-corrected chi connectivity index (χ0v) is 29.9. The van der Waals surface area contributed by atoms with Gasteiger partial charge in [-0.1, -0.05) is 110 Å². The van der Waals surface area contributed by atoms with Crippen LogP contribution in [0.1, 0.15) is 152 Å². The molecule has 0 bridgehead atoms. The summed E-state index contributed by atoms with van der Waals surface area (Å²) in [5, 5.41) is 20.3. The van der Waals surface area contributed by atoms with Crippen LogP contribution in [0.25, 0.3) is 0 Å². The molecule has 0 saturated heterocycles.